The Kier molecular flexibility index (Phi) is 4.76. The molecule has 0 heterocycles. The molecule has 1 aromatic carbocycles. The zero-order valence-corrected chi connectivity index (χ0v) is 12.5. The molecule has 0 bridgehead atoms. The lowest BCUT2D eigenvalue weighted by molar-refractivity contribution is 0.559. The minimum absolute atomic E-state index is 0.289. The molecule has 0 aromatic heterocycles. The lowest BCUT2D eigenvalue weighted by Gasteiger charge is -2.14. The van der Waals surface area contributed by atoms with Gasteiger partial charge in [0.2, 0.25) is 10.0 Å². The van der Waals surface area contributed by atoms with Crippen LogP contribution in [-0.4, -0.2) is 22.0 Å². The predicted molar refractivity (Wildman–Crippen MR) is 75.5 cm³/mol. The molecule has 4 nitrogen and oxygen atoms in total. The summed E-state index contributed by atoms with van der Waals surface area (Å²) in [6.07, 6.45) is 0. The number of aryl methyl sites for hydroxylation is 2. The van der Waals surface area contributed by atoms with Crippen molar-refractivity contribution in [1.29, 1.82) is 0 Å². The molecule has 0 unspecified atom stereocenters. The summed E-state index contributed by atoms with van der Waals surface area (Å²) in [6, 6.07) is 3.69. The van der Waals surface area contributed by atoms with Crippen LogP contribution < -0.4 is 10.0 Å². The first-order chi connectivity index (χ1) is 8.27. The fraction of sp³-hybridized carbons (Fsp3) is 0.538. The van der Waals surface area contributed by atoms with Crippen LogP contribution in [0.15, 0.2) is 17.0 Å². The smallest absolute Gasteiger partial charge is 0.241 e. The van der Waals surface area contributed by atoms with Gasteiger partial charge in [0.15, 0.2) is 0 Å². The zero-order valence-electron chi connectivity index (χ0n) is 11.7. The average molecular weight is 270 g/mol. The van der Waals surface area contributed by atoms with Crippen molar-refractivity contribution in [2.75, 3.05) is 18.9 Å². The maximum atomic E-state index is 12.2. The first kappa shape index (κ1) is 15.0. The minimum atomic E-state index is -3.42. The summed E-state index contributed by atoms with van der Waals surface area (Å²) < 4.78 is 27.1. The fourth-order valence-corrected chi connectivity index (χ4v) is 3.53. The number of sulfonamides is 1. The molecule has 0 amide bonds. The molecule has 0 atom stereocenters. The summed E-state index contributed by atoms with van der Waals surface area (Å²) in [5.74, 6) is 0.289. The number of hydrogen-bond acceptors (Lipinski definition) is 3. The van der Waals surface area contributed by atoms with Crippen molar-refractivity contribution in [3.8, 4) is 0 Å². The van der Waals surface area contributed by atoms with Crippen LogP contribution in [0.1, 0.15) is 25.0 Å². The van der Waals surface area contributed by atoms with Gasteiger partial charge in [-0.05, 0) is 43.0 Å². The van der Waals surface area contributed by atoms with Crippen LogP contribution >= 0.6 is 0 Å². The lowest BCUT2D eigenvalue weighted by Crippen LogP contribution is -2.28. The van der Waals surface area contributed by atoms with Crippen molar-refractivity contribution < 1.29 is 8.42 Å². The molecule has 1 rings (SSSR count). The quantitative estimate of drug-likeness (QED) is 0.863. The molecular weight excluding hydrogens is 248 g/mol. The van der Waals surface area contributed by atoms with Gasteiger partial charge in [-0.25, -0.2) is 13.1 Å². The maximum Gasteiger partial charge on any atom is 0.241 e. The van der Waals surface area contributed by atoms with E-state index in [2.05, 4.69) is 10.0 Å². The Hall–Kier alpha value is -1.07. The summed E-state index contributed by atoms with van der Waals surface area (Å²) in [5, 5.41) is 3.02. The molecule has 0 aliphatic heterocycles. The molecule has 0 radical (unpaired) electrons. The van der Waals surface area contributed by atoms with Crippen LogP contribution in [0.5, 0.6) is 0 Å². The van der Waals surface area contributed by atoms with Gasteiger partial charge in [-0.3, -0.25) is 0 Å². The number of benzene rings is 1. The van der Waals surface area contributed by atoms with Gasteiger partial charge in [0.05, 0.1) is 4.90 Å². The van der Waals surface area contributed by atoms with Crippen LogP contribution in [-0.2, 0) is 10.0 Å². The van der Waals surface area contributed by atoms with Crippen LogP contribution in [0.2, 0.25) is 0 Å². The van der Waals surface area contributed by atoms with Crippen molar-refractivity contribution in [3.63, 3.8) is 0 Å². The van der Waals surface area contributed by atoms with Gasteiger partial charge >= 0.3 is 0 Å². The summed E-state index contributed by atoms with van der Waals surface area (Å²) in [4.78, 5) is 0.391. The molecule has 5 heteroatoms. The minimum Gasteiger partial charge on any atom is -0.388 e. The van der Waals surface area contributed by atoms with Crippen molar-refractivity contribution in [3.05, 3.63) is 23.3 Å². The Morgan fingerprint density at radius 1 is 1.17 bits per heavy atom. The van der Waals surface area contributed by atoms with E-state index >= 15 is 0 Å². The van der Waals surface area contributed by atoms with E-state index in [1.807, 2.05) is 46.9 Å². The van der Waals surface area contributed by atoms with Crippen molar-refractivity contribution in [1.82, 2.24) is 4.72 Å². The van der Waals surface area contributed by atoms with E-state index in [1.165, 1.54) is 0 Å². The summed E-state index contributed by atoms with van der Waals surface area (Å²) in [7, 11) is -1.60. The second kappa shape index (κ2) is 5.71. The van der Waals surface area contributed by atoms with Crippen LogP contribution in [0.25, 0.3) is 0 Å². The van der Waals surface area contributed by atoms with Gasteiger partial charge < -0.3 is 5.32 Å². The fourth-order valence-electron chi connectivity index (χ4n) is 1.87. The van der Waals surface area contributed by atoms with Crippen molar-refractivity contribution >= 4 is 15.7 Å². The predicted octanol–water partition coefficient (Wildman–Crippen LogP) is 2.28. The Labute approximate surface area is 110 Å². The van der Waals surface area contributed by atoms with Crippen LogP contribution in [0.4, 0.5) is 5.69 Å². The highest BCUT2D eigenvalue weighted by Crippen LogP contribution is 2.24. The van der Waals surface area contributed by atoms with Crippen molar-refractivity contribution in [2.45, 2.75) is 32.6 Å². The Morgan fingerprint density at radius 2 is 1.67 bits per heavy atom. The van der Waals surface area contributed by atoms with Gasteiger partial charge in [0.25, 0.3) is 0 Å². The number of nitrogens with one attached hydrogen (secondary N) is 2. The summed E-state index contributed by atoms with van der Waals surface area (Å²) in [5.41, 5.74) is 2.44. The third kappa shape index (κ3) is 3.46. The molecule has 0 saturated carbocycles. The second-order valence-corrected chi connectivity index (χ2v) is 6.64. The van der Waals surface area contributed by atoms with E-state index in [9.17, 15) is 8.42 Å². The first-order valence-electron chi connectivity index (χ1n) is 6.06. The van der Waals surface area contributed by atoms with Gasteiger partial charge in [-0.1, -0.05) is 13.8 Å². The van der Waals surface area contributed by atoms with Gasteiger partial charge in [0.1, 0.15) is 0 Å². The van der Waals surface area contributed by atoms with Crippen LogP contribution in [0.3, 0.4) is 0 Å². The molecule has 0 aliphatic rings. The molecule has 0 saturated heterocycles. The standard InChI is InChI=1S/C13H22N2O2S/c1-9(2)8-15-18(16,17)13-10(3)6-12(14-5)7-11(13)4/h6-7,9,14-15H,8H2,1-5H3. The topological polar surface area (TPSA) is 58.2 Å². The van der Waals surface area contributed by atoms with E-state index in [1.54, 1.807) is 0 Å². The highest BCUT2D eigenvalue weighted by Gasteiger charge is 2.19. The normalized spacial score (nSPS) is 11.9. The Bertz CT molecular complexity index is 499. The molecule has 2 N–H and O–H groups in total. The summed E-state index contributed by atoms with van der Waals surface area (Å²) >= 11 is 0. The third-order valence-corrected chi connectivity index (χ3v) is 4.43. The Balaban J connectivity index is 3.17. The van der Waals surface area contributed by atoms with Crippen LogP contribution in [0, 0.1) is 19.8 Å². The van der Waals surface area contributed by atoms with Gasteiger partial charge in [0, 0.05) is 19.3 Å². The maximum absolute atomic E-state index is 12.2. The van der Waals surface area contributed by atoms with E-state index in [0.717, 1.165) is 16.8 Å². The zero-order chi connectivity index (χ0) is 13.9. The molecule has 102 valence electrons. The van der Waals surface area contributed by atoms with Gasteiger partial charge in [-0.2, -0.15) is 0 Å². The largest absolute Gasteiger partial charge is 0.388 e. The van der Waals surface area contributed by atoms with E-state index in [0.29, 0.717) is 11.4 Å². The molecule has 0 aliphatic carbocycles. The number of hydrogen-bond donors (Lipinski definition) is 2. The molecule has 0 fully saturated rings. The SMILES string of the molecule is CNc1cc(C)c(S(=O)(=O)NCC(C)C)c(C)c1. The second-order valence-electron chi connectivity index (χ2n) is 4.93. The molecule has 0 spiro atoms. The molecule has 1 aromatic rings. The van der Waals surface area contributed by atoms with E-state index < -0.39 is 10.0 Å². The number of anilines is 1. The van der Waals surface area contributed by atoms with Crippen molar-refractivity contribution in [2.24, 2.45) is 5.92 Å². The lowest BCUT2D eigenvalue weighted by atomic mass is 10.1. The summed E-state index contributed by atoms with van der Waals surface area (Å²) in [6.45, 7) is 8.04. The Morgan fingerprint density at radius 3 is 2.06 bits per heavy atom. The van der Waals surface area contributed by atoms with E-state index in [4.69, 9.17) is 0 Å². The average Bonchev–Trinajstić information content (AvgIpc) is 2.25. The number of rotatable bonds is 5. The van der Waals surface area contributed by atoms with E-state index in [-0.39, 0.29) is 5.92 Å². The third-order valence-electron chi connectivity index (χ3n) is 2.70. The van der Waals surface area contributed by atoms with Gasteiger partial charge in [-0.15, -0.1) is 0 Å². The molecular formula is C13H22N2O2S. The first-order valence-corrected chi connectivity index (χ1v) is 7.55. The monoisotopic (exact) mass is 270 g/mol. The highest BCUT2D eigenvalue weighted by atomic mass is 32.2. The highest BCUT2D eigenvalue weighted by molar-refractivity contribution is 7.89. The molecule has 18 heavy (non-hydrogen) atoms.